The molecule has 0 aliphatic heterocycles. The summed E-state index contributed by atoms with van der Waals surface area (Å²) in [5, 5.41) is 6.76. The van der Waals surface area contributed by atoms with Crippen molar-refractivity contribution >= 4 is 0 Å². The van der Waals surface area contributed by atoms with Crippen LogP contribution in [0.3, 0.4) is 0 Å². The molecular weight excluding hydrogens is 186 g/mol. The van der Waals surface area contributed by atoms with Gasteiger partial charge in [-0.3, -0.25) is 0 Å². The van der Waals surface area contributed by atoms with Crippen LogP contribution in [0.25, 0.3) is 0 Å². The summed E-state index contributed by atoms with van der Waals surface area (Å²) in [4.78, 5) is 0. The first kappa shape index (κ1) is 14.9. The Morgan fingerprint density at radius 2 is 1.67 bits per heavy atom. The zero-order valence-corrected chi connectivity index (χ0v) is 10.9. The lowest BCUT2D eigenvalue weighted by Gasteiger charge is -2.19. The summed E-state index contributed by atoms with van der Waals surface area (Å²) < 4.78 is 0. The molecular formula is C12H29N3. The SMILES string of the molecule is CC(C)CCCNCCNCC(C)(C)N. The smallest absolute Gasteiger partial charge is 0.0223 e. The van der Waals surface area contributed by atoms with Crippen LogP contribution in [-0.4, -0.2) is 31.7 Å². The molecule has 0 atom stereocenters. The van der Waals surface area contributed by atoms with Gasteiger partial charge >= 0.3 is 0 Å². The normalized spacial score (nSPS) is 12.4. The Balaban J connectivity index is 3.06. The third kappa shape index (κ3) is 13.9. The predicted octanol–water partition coefficient (Wildman–Crippen LogP) is 1.34. The molecule has 92 valence electrons. The Hall–Kier alpha value is -0.120. The predicted molar refractivity (Wildman–Crippen MR) is 68.1 cm³/mol. The van der Waals surface area contributed by atoms with Crippen molar-refractivity contribution in [2.75, 3.05) is 26.2 Å². The molecule has 0 unspecified atom stereocenters. The number of nitrogens with two attached hydrogens (primary N) is 1. The lowest BCUT2D eigenvalue weighted by atomic mass is 10.1. The van der Waals surface area contributed by atoms with E-state index in [1.165, 1.54) is 12.8 Å². The van der Waals surface area contributed by atoms with E-state index in [0.717, 1.165) is 32.1 Å². The molecule has 0 aromatic heterocycles. The molecule has 0 rings (SSSR count). The van der Waals surface area contributed by atoms with Gasteiger partial charge in [-0.15, -0.1) is 0 Å². The highest BCUT2D eigenvalue weighted by Gasteiger charge is 2.08. The third-order valence-corrected chi connectivity index (χ3v) is 2.19. The van der Waals surface area contributed by atoms with Crippen molar-refractivity contribution in [3.05, 3.63) is 0 Å². The van der Waals surface area contributed by atoms with Gasteiger partial charge in [0.25, 0.3) is 0 Å². The molecule has 0 saturated carbocycles. The average Bonchev–Trinajstić information content (AvgIpc) is 2.07. The summed E-state index contributed by atoms with van der Waals surface area (Å²) >= 11 is 0. The van der Waals surface area contributed by atoms with Crippen molar-refractivity contribution in [3.63, 3.8) is 0 Å². The monoisotopic (exact) mass is 215 g/mol. The number of hydrogen-bond donors (Lipinski definition) is 3. The van der Waals surface area contributed by atoms with Gasteiger partial charge in [0.1, 0.15) is 0 Å². The van der Waals surface area contributed by atoms with E-state index >= 15 is 0 Å². The van der Waals surface area contributed by atoms with Gasteiger partial charge in [0.05, 0.1) is 0 Å². The van der Waals surface area contributed by atoms with Crippen molar-refractivity contribution in [1.29, 1.82) is 0 Å². The Bertz CT molecular complexity index is 138. The van der Waals surface area contributed by atoms with E-state index in [2.05, 4.69) is 24.5 Å². The first-order valence-electron chi connectivity index (χ1n) is 6.12. The van der Waals surface area contributed by atoms with Crippen LogP contribution in [-0.2, 0) is 0 Å². The largest absolute Gasteiger partial charge is 0.324 e. The topological polar surface area (TPSA) is 50.1 Å². The van der Waals surface area contributed by atoms with Gasteiger partial charge in [-0.1, -0.05) is 13.8 Å². The lowest BCUT2D eigenvalue weighted by Crippen LogP contribution is -2.44. The highest BCUT2D eigenvalue weighted by Crippen LogP contribution is 2.01. The Kier molecular flexibility index (Phi) is 8.02. The molecule has 0 fully saturated rings. The van der Waals surface area contributed by atoms with Crippen LogP contribution in [0.15, 0.2) is 0 Å². The summed E-state index contributed by atoms with van der Waals surface area (Å²) in [6.45, 7) is 12.7. The molecule has 0 bridgehead atoms. The van der Waals surface area contributed by atoms with E-state index in [-0.39, 0.29) is 5.54 Å². The van der Waals surface area contributed by atoms with Crippen LogP contribution in [0.5, 0.6) is 0 Å². The minimum Gasteiger partial charge on any atom is -0.324 e. The van der Waals surface area contributed by atoms with Gasteiger partial charge < -0.3 is 16.4 Å². The molecule has 0 radical (unpaired) electrons. The maximum Gasteiger partial charge on any atom is 0.0223 e. The Morgan fingerprint density at radius 3 is 2.20 bits per heavy atom. The second kappa shape index (κ2) is 8.08. The quantitative estimate of drug-likeness (QED) is 0.509. The first-order valence-corrected chi connectivity index (χ1v) is 6.12. The summed E-state index contributed by atoms with van der Waals surface area (Å²) in [5.41, 5.74) is 5.75. The first-order chi connectivity index (χ1) is 6.92. The van der Waals surface area contributed by atoms with Gasteiger partial charge in [0.2, 0.25) is 0 Å². The maximum atomic E-state index is 5.85. The van der Waals surface area contributed by atoms with Crippen LogP contribution in [0, 0.1) is 5.92 Å². The molecule has 15 heavy (non-hydrogen) atoms. The summed E-state index contributed by atoms with van der Waals surface area (Å²) in [6, 6.07) is 0. The van der Waals surface area contributed by atoms with Gasteiger partial charge in [0.15, 0.2) is 0 Å². The molecule has 0 heterocycles. The number of rotatable bonds is 9. The van der Waals surface area contributed by atoms with Gasteiger partial charge in [-0.05, 0) is 39.2 Å². The van der Waals surface area contributed by atoms with Crippen molar-refractivity contribution < 1.29 is 0 Å². The minimum absolute atomic E-state index is 0.0996. The fraction of sp³-hybridized carbons (Fsp3) is 1.00. The fourth-order valence-corrected chi connectivity index (χ4v) is 1.35. The molecule has 0 aliphatic rings. The van der Waals surface area contributed by atoms with Gasteiger partial charge in [0, 0.05) is 25.2 Å². The molecule has 3 heteroatoms. The van der Waals surface area contributed by atoms with Crippen LogP contribution >= 0.6 is 0 Å². The van der Waals surface area contributed by atoms with Crippen molar-refractivity contribution in [3.8, 4) is 0 Å². The molecule has 0 aliphatic carbocycles. The van der Waals surface area contributed by atoms with Crippen molar-refractivity contribution in [1.82, 2.24) is 10.6 Å². The zero-order valence-electron chi connectivity index (χ0n) is 10.9. The van der Waals surface area contributed by atoms with E-state index in [9.17, 15) is 0 Å². The lowest BCUT2D eigenvalue weighted by molar-refractivity contribution is 0.459. The third-order valence-electron chi connectivity index (χ3n) is 2.19. The van der Waals surface area contributed by atoms with Gasteiger partial charge in [-0.2, -0.15) is 0 Å². The average molecular weight is 215 g/mol. The number of hydrogen-bond acceptors (Lipinski definition) is 3. The molecule has 0 saturated heterocycles. The second-order valence-electron chi connectivity index (χ2n) is 5.45. The van der Waals surface area contributed by atoms with Crippen molar-refractivity contribution in [2.24, 2.45) is 11.7 Å². The Morgan fingerprint density at radius 1 is 1.07 bits per heavy atom. The highest BCUT2D eigenvalue weighted by atomic mass is 15.0. The summed E-state index contributed by atoms with van der Waals surface area (Å²) in [6.07, 6.45) is 2.59. The second-order valence-corrected chi connectivity index (χ2v) is 5.45. The molecule has 0 aromatic carbocycles. The standard InChI is InChI=1S/C12H29N3/c1-11(2)6-5-7-14-8-9-15-10-12(3,4)13/h11,14-15H,5-10,13H2,1-4H3. The zero-order chi connectivity index (χ0) is 11.7. The van der Waals surface area contributed by atoms with E-state index in [1.807, 2.05) is 13.8 Å². The Labute approximate surface area is 95.2 Å². The van der Waals surface area contributed by atoms with Gasteiger partial charge in [-0.25, -0.2) is 0 Å². The van der Waals surface area contributed by atoms with Crippen molar-refractivity contribution in [2.45, 2.75) is 46.1 Å². The summed E-state index contributed by atoms with van der Waals surface area (Å²) in [7, 11) is 0. The fourth-order valence-electron chi connectivity index (χ4n) is 1.35. The van der Waals surface area contributed by atoms with Crippen LogP contribution < -0.4 is 16.4 Å². The van der Waals surface area contributed by atoms with E-state index in [0.29, 0.717) is 0 Å². The van der Waals surface area contributed by atoms with E-state index in [4.69, 9.17) is 5.73 Å². The maximum absolute atomic E-state index is 5.85. The molecule has 0 amide bonds. The highest BCUT2D eigenvalue weighted by molar-refractivity contribution is 4.74. The van der Waals surface area contributed by atoms with E-state index in [1.54, 1.807) is 0 Å². The van der Waals surface area contributed by atoms with Crippen LogP contribution in [0.2, 0.25) is 0 Å². The molecule has 0 spiro atoms. The molecule has 3 nitrogen and oxygen atoms in total. The molecule has 4 N–H and O–H groups in total. The van der Waals surface area contributed by atoms with Crippen LogP contribution in [0.1, 0.15) is 40.5 Å². The summed E-state index contributed by atoms with van der Waals surface area (Å²) in [5.74, 6) is 0.822. The minimum atomic E-state index is -0.0996. The number of nitrogens with one attached hydrogen (secondary N) is 2. The molecule has 0 aromatic rings. The van der Waals surface area contributed by atoms with Crippen LogP contribution in [0.4, 0.5) is 0 Å². The van der Waals surface area contributed by atoms with E-state index < -0.39 is 0 Å².